The minimum absolute atomic E-state index is 0.00214. The summed E-state index contributed by atoms with van der Waals surface area (Å²) in [5, 5.41) is 4.73. The van der Waals surface area contributed by atoms with Gasteiger partial charge in [0, 0.05) is 6.04 Å². The molecule has 2 N–H and O–H groups in total. The first-order chi connectivity index (χ1) is 16.7. The Labute approximate surface area is 209 Å². The molecule has 1 aliphatic carbocycles. The van der Waals surface area contributed by atoms with Crippen LogP contribution in [0.15, 0.2) is 66.1 Å². The number of nitrogens with one attached hydrogen (secondary N) is 2. The quantitative estimate of drug-likeness (QED) is 0.385. The highest BCUT2D eigenvalue weighted by molar-refractivity contribution is 7.92. The second-order valence-corrected chi connectivity index (χ2v) is 10.2. The lowest BCUT2D eigenvalue weighted by atomic mass is 10.2. The molecule has 3 amide bonds. The molecule has 0 spiro atoms. The molecule has 1 fully saturated rings. The van der Waals surface area contributed by atoms with Crippen LogP contribution in [0.3, 0.4) is 0 Å². The van der Waals surface area contributed by atoms with Crippen molar-refractivity contribution in [1.82, 2.24) is 10.6 Å². The molecule has 186 valence electrons. The van der Waals surface area contributed by atoms with Crippen LogP contribution >= 0.6 is 11.6 Å². The summed E-state index contributed by atoms with van der Waals surface area (Å²) in [6.45, 7) is 2.87. The Balaban J connectivity index is 1.69. The first-order valence-electron chi connectivity index (χ1n) is 11.0. The lowest BCUT2D eigenvalue weighted by Crippen LogP contribution is -2.45. The second-order valence-electron chi connectivity index (χ2n) is 7.88. The summed E-state index contributed by atoms with van der Waals surface area (Å²) < 4.78 is 32.7. The molecule has 0 atom stereocenters. The molecule has 1 aliphatic rings. The highest BCUT2D eigenvalue weighted by Gasteiger charge is 2.26. The molecule has 0 bridgehead atoms. The summed E-state index contributed by atoms with van der Waals surface area (Å²) in [4.78, 5) is 36.3. The van der Waals surface area contributed by atoms with E-state index in [0.29, 0.717) is 5.69 Å². The van der Waals surface area contributed by atoms with E-state index in [2.05, 4.69) is 17.2 Å². The van der Waals surface area contributed by atoms with Crippen LogP contribution in [0.2, 0.25) is 5.02 Å². The summed E-state index contributed by atoms with van der Waals surface area (Å²) in [6, 6.07) is 11.4. The van der Waals surface area contributed by atoms with Crippen LogP contribution in [0.1, 0.15) is 36.0 Å². The van der Waals surface area contributed by atoms with Gasteiger partial charge in [0.25, 0.3) is 15.9 Å². The van der Waals surface area contributed by atoms with Gasteiger partial charge in [-0.15, -0.1) is 6.58 Å². The molecule has 3 rings (SSSR count). The largest absolute Gasteiger partial charge is 0.452 e. The van der Waals surface area contributed by atoms with Gasteiger partial charge < -0.3 is 10.1 Å². The molecule has 2 aromatic rings. The third-order valence-corrected chi connectivity index (χ3v) is 7.48. The maximum atomic E-state index is 13.3. The fourth-order valence-electron chi connectivity index (χ4n) is 3.67. The van der Waals surface area contributed by atoms with E-state index in [9.17, 15) is 22.8 Å². The molecule has 0 unspecified atom stereocenters. The number of ether oxygens (including phenoxy) is 1. The van der Waals surface area contributed by atoms with E-state index in [1.165, 1.54) is 18.2 Å². The minimum Gasteiger partial charge on any atom is -0.452 e. The minimum atomic E-state index is -4.08. The fourth-order valence-corrected chi connectivity index (χ4v) is 5.32. The van der Waals surface area contributed by atoms with Crippen molar-refractivity contribution in [3.05, 3.63) is 71.8 Å². The van der Waals surface area contributed by atoms with E-state index in [-0.39, 0.29) is 28.1 Å². The lowest BCUT2D eigenvalue weighted by molar-refractivity contribution is -0.123. The summed E-state index contributed by atoms with van der Waals surface area (Å²) in [5.74, 6) is -1.83. The number of esters is 1. The maximum absolute atomic E-state index is 13.3. The molecular weight excluding hydrogens is 494 g/mol. The molecule has 0 saturated heterocycles. The smallest absolute Gasteiger partial charge is 0.340 e. The van der Waals surface area contributed by atoms with Crippen LogP contribution in [0.4, 0.5) is 10.5 Å². The number of para-hydroxylation sites is 1. The van der Waals surface area contributed by atoms with Gasteiger partial charge in [0.1, 0.15) is 0 Å². The number of rotatable bonds is 9. The standard InChI is InChI=1S/C24H26ClN3O6S/c1-2-14-28(18-10-4-3-5-11-18)35(32,33)19-12-13-21(25)20(15-19)23(30)34-16-22(29)27-24(31)26-17-8-6-7-9-17/h2-5,10-13,15,17H,1,6-9,14,16H2,(H2,26,27,29,31). The van der Waals surface area contributed by atoms with E-state index in [0.717, 1.165) is 36.1 Å². The number of carbonyl (C=O) groups is 3. The van der Waals surface area contributed by atoms with Crippen LogP contribution in [-0.2, 0) is 19.6 Å². The molecular formula is C24H26ClN3O6S. The van der Waals surface area contributed by atoms with E-state index in [1.54, 1.807) is 30.3 Å². The van der Waals surface area contributed by atoms with Crippen molar-refractivity contribution >= 4 is 45.2 Å². The van der Waals surface area contributed by atoms with E-state index in [4.69, 9.17) is 16.3 Å². The van der Waals surface area contributed by atoms with Crippen molar-refractivity contribution < 1.29 is 27.5 Å². The van der Waals surface area contributed by atoms with Crippen LogP contribution < -0.4 is 14.9 Å². The van der Waals surface area contributed by atoms with Gasteiger partial charge in [-0.05, 0) is 43.2 Å². The zero-order chi connectivity index (χ0) is 25.4. The molecule has 0 radical (unpaired) electrons. The summed E-state index contributed by atoms with van der Waals surface area (Å²) in [7, 11) is -4.08. The molecule has 0 aliphatic heterocycles. The van der Waals surface area contributed by atoms with Gasteiger partial charge in [0.15, 0.2) is 6.61 Å². The third kappa shape index (κ3) is 6.83. The van der Waals surface area contributed by atoms with Crippen LogP contribution in [0, 0.1) is 0 Å². The summed E-state index contributed by atoms with van der Waals surface area (Å²) in [6.07, 6.45) is 5.17. The van der Waals surface area contributed by atoms with Crippen molar-refractivity contribution in [2.45, 2.75) is 36.6 Å². The van der Waals surface area contributed by atoms with Crippen molar-refractivity contribution in [3.8, 4) is 0 Å². The van der Waals surface area contributed by atoms with Gasteiger partial charge in [-0.1, -0.05) is 48.7 Å². The number of urea groups is 1. The number of imide groups is 1. The Morgan fingerprint density at radius 2 is 1.80 bits per heavy atom. The Hall–Kier alpha value is -3.37. The van der Waals surface area contributed by atoms with E-state index < -0.39 is 34.5 Å². The lowest BCUT2D eigenvalue weighted by Gasteiger charge is -2.23. The summed E-state index contributed by atoms with van der Waals surface area (Å²) >= 11 is 6.10. The average molecular weight is 520 g/mol. The SMILES string of the molecule is C=CCN(c1ccccc1)S(=O)(=O)c1ccc(Cl)c(C(=O)OCC(=O)NC(=O)NC2CCCC2)c1. The van der Waals surface area contributed by atoms with Crippen LogP contribution in [0.25, 0.3) is 0 Å². The number of halogens is 1. The molecule has 0 aromatic heterocycles. The van der Waals surface area contributed by atoms with Crippen LogP contribution in [-0.4, -0.2) is 45.5 Å². The topological polar surface area (TPSA) is 122 Å². The predicted octanol–water partition coefficient (Wildman–Crippen LogP) is 3.65. The third-order valence-electron chi connectivity index (χ3n) is 5.36. The number of hydrogen-bond donors (Lipinski definition) is 2. The van der Waals surface area contributed by atoms with Gasteiger partial charge in [-0.25, -0.2) is 18.0 Å². The van der Waals surface area contributed by atoms with Crippen molar-refractivity contribution in [2.75, 3.05) is 17.5 Å². The molecule has 35 heavy (non-hydrogen) atoms. The Kier molecular flexibility index (Phi) is 8.89. The number of amides is 3. The van der Waals surface area contributed by atoms with Gasteiger partial charge in [0.2, 0.25) is 0 Å². The van der Waals surface area contributed by atoms with Crippen molar-refractivity contribution in [1.29, 1.82) is 0 Å². The van der Waals surface area contributed by atoms with Gasteiger partial charge in [-0.3, -0.25) is 14.4 Å². The monoisotopic (exact) mass is 519 g/mol. The number of benzene rings is 2. The summed E-state index contributed by atoms with van der Waals surface area (Å²) in [5.41, 5.74) is 0.182. The molecule has 1 saturated carbocycles. The zero-order valence-electron chi connectivity index (χ0n) is 18.9. The number of sulfonamides is 1. The predicted molar refractivity (Wildman–Crippen MR) is 132 cm³/mol. The van der Waals surface area contributed by atoms with Gasteiger partial charge in [-0.2, -0.15) is 0 Å². The molecule has 9 nitrogen and oxygen atoms in total. The van der Waals surface area contributed by atoms with Gasteiger partial charge in [0.05, 0.1) is 27.7 Å². The maximum Gasteiger partial charge on any atom is 0.340 e. The highest BCUT2D eigenvalue weighted by Crippen LogP contribution is 2.27. The zero-order valence-corrected chi connectivity index (χ0v) is 20.5. The second kappa shape index (κ2) is 11.9. The molecule has 0 heterocycles. The number of anilines is 1. The van der Waals surface area contributed by atoms with E-state index in [1.807, 2.05) is 0 Å². The average Bonchev–Trinajstić information content (AvgIpc) is 3.34. The number of hydrogen-bond acceptors (Lipinski definition) is 6. The van der Waals surface area contributed by atoms with Crippen LogP contribution in [0.5, 0.6) is 0 Å². The van der Waals surface area contributed by atoms with Gasteiger partial charge >= 0.3 is 12.0 Å². The normalized spacial score (nSPS) is 13.6. The first-order valence-corrected chi connectivity index (χ1v) is 12.8. The fraction of sp³-hybridized carbons (Fsp3) is 0.292. The Bertz CT molecular complexity index is 1200. The van der Waals surface area contributed by atoms with Crippen molar-refractivity contribution in [3.63, 3.8) is 0 Å². The highest BCUT2D eigenvalue weighted by atomic mass is 35.5. The van der Waals surface area contributed by atoms with E-state index >= 15 is 0 Å². The first kappa shape index (κ1) is 26.2. The van der Waals surface area contributed by atoms with Crippen molar-refractivity contribution in [2.24, 2.45) is 0 Å². The number of carbonyl (C=O) groups excluding carboxylic acids is 3. The number of nitrogens with zero attached hydrogens (tertiary/aromatic N) is 1. The molecule has 11 heteroatoms. The molecule has 2 aromatic carbocycles. The Morgan fingerprint density at radius 3 is 2.46 bits per heavy atom. The Morgan fingerprint density at radius 1 is 1.11 bits per heavy atom.